The number of nitrogens with zero attached hydrogens (tertiary/aromatic N) is 2. The van der Waals surface area contributed by atoms with Gasteiger partial charge in [0.05, 0.1) is 23.8 Å². The van der Waals surface area contributed by atoms with E-state index in [2.05, 4.69) is 14.7 Å². The Balaban J connectivity index is 2.46. The minimum Gasteiger partial charge on any atom is -0.396 e. The lowest BCUT2D eigenvalue weighted by Gasteiger charge is -2.09. The van der Waals surface area contributed by atoms with Crippen LogP contribution in [0.1, 0.15) is 0 Å². The van der Waals surface area contributed by atoms with E-state index in [1.807, 2.05) is 0 Å². The minimum atomic E-state index is -4.16. The summed E-state index contributed by atoms with van der Waals surface area (Å²) in [4.78, 5) is 6.64. The van der Waals surface area contributed by atoms with Crippen molar-refractivity contribution in [3.05, 3.63) is 41.7 Å². The van der Waals surface area contributed by atoms with Gasteiger partial charge in [-0.25, -0.2) is 22.8 Å². The summed E-state index contributed by atoms with van der Waals surface area (Å²) in [6.07, 6.45) is 3.70. The maximum absolute atomic E-state index is 13.7. The van der Waals surface area contributed by atoms with E-state index >= 15 is 0 Å². The molecule has 2 aromatic rings. The van der Waals surface area contributed by atoms with Crippen molar-refractivity contribution in [2.45, 2.75) is 4.90 Å². The highest BCUT2D eigenvalue weighted by Crippen LogP contribution is 2.26. The molecule has 0 aliphatic rings. The molecule has 9 heteroatoms. The van der Waals surface area contributed by atoms with Crippen LogP contribution >= 0.6 is 11.6 Å². The van der Waals surface area contributed by atoms with Crippen LogP contribution in [0.2, 0.25) is 5.02 Å². The standard InChI is InChI=1S/C10H8ClFN4O2S/c11-6-1-8(13)10(12)9(2-6)19(17,18)16-7-3-14-5-15-4-7/h1-5,16H,13H2. The smallest absolute Gasteiger partial charge is 0.265 e. The summed E-state index contributed by atoms with van der Waals surface area (Å²) in [5.74, 6) is -1.06. The van der Waals surface area contributed by atoms with Crippen molar-refractivity contribution in [1.29, 1.82) is 0 Å². The van der Waals surface area contributed by atoms with Gasteiger partial charge in [0.15, 0.2) is 5.82 Å². The molecule has 0 saturated heterocycles. The third-order valence-electron chi connectivity index (χ3n) is 2.13. The molecule has 1 heterocycles. The summed E-state index contributed by atoms with van der Waals surface area (Å²) < 4.78 is 39.9. The zero-order valence-electron chi connectivity index (χ0n) is 9.34. The van der Waals surface area contributed by atoms with E-state index in [1.165, 1.54) is 18.7 Å². The average Bonchev–Trinajstić information content (AvgIpc) is 2.34. The van der Waals surface area contributed by atoms with Gasteiger partial charge in [0.25, 0.3) is 10.0 Å². The Kier molecular flexibility index (Phi) is 3.54. The molecule has 3 N–H and O–H groups in total. The van der Waals surface area contributed by atoms with Crippen molar-refractivity contribution < 1.29 is 12.8 Å². The van der Waals surface area contributed by atoms with E-state index in [1.54, 1.807) is 0 Å². The Labute approximate surface area is 113 Å². The normalized spacial score (nSPS) is 11.3. The van der Waals surface area contributed by atoms with Crippen molar-refractivity contribution in [3.63, 3.8) is 0 Å². The lowest BCUT2D eigenvalue weighted by Crippen LogP contribution is -2.15. The van der Waals surface area contributed by atoms with Crippen LogP contribution in [0.3, 0.4) is 0 Å². The van der Waals surface area contributed by atoms with E-state index in [0.29, 0.717) is 0 Å². The second-order valence-corrected chi connectivity index (χ2v) is 5.63. The molecule has 0 aliphatic heterocycles. The van der Waals surface area contributed by atoms with Crippen molar-refractivity contribution >= 4 is 33.0 Å². The molecule has 0 atom stereocenters. The zero-order chi connectivity index (χ0) is 14.0. The number of hydrogen-bond donors (Lipinski definition) is 2. The third-order valence-corrected chi connectivity index (χ3v) is 3.73. The number of nitrogens with one attached hydrogen (secondary N) is 1. The predicted molar refractivity (Wildman–Crippen MR) is 68.7 cm³/mol. The number of nitrogens with two attached hydrogens (primary N) is 1. The van der Waals surface area contributed by atoms with E-state index < -0.39 is 20.7 Å². The molecule has 0 bridgehead atoms. The van der Waals surface area contributed by atoms with Gasteiger partial charge in [-0.1, -0.05) is 11.6 Å². The molecule has 0 saturated carbocycles. The topological polar surface area (TPSA) is 98.0 Å². The fraction of sp³-hybridized carbons (Fsp3) is 0. The highest BCUT2D eigenvalue weighted by atomic mass is 35.5. The van der Waals surface area contributed by atoms with Gasteiger partial charge in [-0.2, -0.15) is 0 Å². The highest BCUT2D eigenvalue weighted by Gasteiger charge is 2.22. The Morgan fingerprint density at radius 2 is 1.89 bits per heavy atom. The lowest BCUT2D eigenvalue weighted by molar-refractivity contribution is 0.573. The third kappa shape index (κ3) is 2.91. The fourth-order valence-corrected chi connectivity index (χ4v) is 2.79. The number of rotatable bonds is 3. The Morgan fingerprint density at radius 3 is 2.53 bits per heavy atom. The molecule has 1 aromatic carbocycles. The number of anilines is 2. The summed E-state index contributed by atoms with van der Waals surface area (Å²) in [6.45, 7) is 0. The van der Waals surface area contributed by atoms with Crippen LogP contribution in [0, 0.1) is 5.82 Å². The maximum Gasteiger partial charge on any atom is 0.265 e. The zero-order valence-corrected chi connectivity index (χ0v) is 10.9. The SMILES string of the molecule is Nc1cc(Cl)cc(S(=O)(=O)Nc2cncnc2)c1F. The molecule has 0 amide bonds. The van der Waals surface area contributed by atoms with Gasteiger partial charge >= 0.3 is 0 Å². The van der Waals surface area contributed by atoms with Gasteiger partial charge in [-0.05, 0) is 12.1 Å². The molecule has 1 aromatic heterocycles. The molecule has 100 valence electrons. The van der Waals surface area contributed by atoms with Gasteiger partial charge in [0.2, 0.25) is 0 Å². The molecule has 0 aliphatic carbocycles. The monoisotopic (exact) mass is 302 g/mol. The Hall–Kier alpha value is -1.93. The van der Waals surface area contributed by atoms with Crippen LogP contribution in [-0.2, 0) is 10.0 Å². The molecule has 0 fully saturated rings. The average molecular weight is 303 g/mol. The maximum atomic E-state index is 13.7. The lowest BCUT2D eigenvalue weighted by atomic mass is 10.3. The van der Waals surface area contributed by atoms with Gasteiger partial charge in [-0.3, -0.25) is 4.72 Å². The summed E-state index contributed by atoms with van der Waals surface area (Å²) >= 11 is 5.67. The molecule has 0 unspecified atom stereocenters. The Morgan fingerprint density at radius 1 is 1.26 bits per heavy atom. The van der Waals surface area contributed by atoms with Crippen LogP contribution in [0.5, 0.6) is 0 Å². The first-order valence-corrected chi connectivity index (χ1v) is 6.78. The number of nitrogen functional groups attached to an aromatic ring is 1. The molecule has 6 nitrogen and oxygen atoms in total. The van der Waals surface area contributed by atoms with Gasteiger partial charge in [-0.15, -0.1) is 0 Å². The number of sulfonamides is 1. The van der Waals surface area contributed by atoms with E-state index in [-0.39, 0.29) is 16.4 Å². The highest BCUT2D eigenvalue weighted by molar-refractivity contribution is 7.92. The number of benzene rings is 1. The van der Waals surface area contributed by atoms with Crippen molar-refractivity contribution in [2.24, 2.45) is 0 Å². The molecular weight excluding hydrogens is 295 g/mol. The fourth-order valence-electron chi connectivity index (χ4n) is 1.34. The second kappa shape index (κ2) is 4.98. The number of hydrogen-bond acceptors (Lipinski definition) is 5. The molecule has 2 rings (SSSR count). The van der Waals surface area contributed by atoms with Crippen LogP contribution in [0.15, 0.2) is 35.7 Å². The van der Waals surface area contributed by atoms with E-state index in [0.717, 1.165) is 12.1 Å². The summed E-state index contributed by atoms with van der Waals surface area (Å²) in [6, 6.07) is 2.10. The molecule has 19 heavy (non-hydrogen) atoms. The van der Waals surface area contributed by atoms with E-state index in [4.69, 9.17) is 17.3 Å². The van der Waals surface area contributed by atoms with E-state index in [9.17, 15) is 12.8 Å². The second-order valence-electron chi connectivity index (χ2n) is 3.54. The largest absolute Gasteiger partial charge is 0.396 e. The minimum absolute atomic E-state index is 0.0172. The van der Waals surface area contributed by atoms with Gasteiger partial charge in [0.1, 0.15) is 11.2 Å². The first-order chi connectivity index (χ1) is 8.90. The number of aromatic nitrogens is 2. The van der Waals surface area contributed by atoms with Crippen LogP contribution in [0.25, 0.3) is 0 Å². The van der Waals surface area contributed by atoms with Crippen LogP contribution < -0.4 is 10.5 Å². The predicted octanol–water partition coefficient (Wildman–Crippen LogP) is 1.65. The van der Waals surface area contributed by atoms with Crippen LogP contribution in [-0.4, -0.2) is 18.4 Å². The van der Waals surface area contributed by atoms with Gasteiger partial charge < -0.3 is 5.73 Å². The molecular formula is C10H8ClFN4O2S. The van der Waals surface area contributed by atoms with Crippen molar-refractivity contribution in [2.75, 3.05) is 10.5 Å². The van der Waals surface area contributed by atoms with Crippen LogP contribution in [0.4, 0.5) is 15.8 Å². The quantitative estimate of drug-likeness (QED) is 0.840. The molecule has 0 radical (unpaired) electrons. The summed E-state index contributed by atoms with van der Waals surface area (Å²) in [5.41, 5.74) is 5.08. The molecule has 0 spiro atoms. The van der Waals surface area contributed by atoms with Crippen molar-refractivity contribution in [3.8, 4) is 0 Å². The van der Waals surface area contributed by atoms with Crippen molar-refractivity contribution in [1.82, 2.24) is 9.97 Å². The number of halogens is 2. The Bertz CT molecular complexity index is 709. The summed E-state index contributed by atoms with van der Waals surface area (Å²) in [7, 11) is -4.16. The summed E-state index contributed by atoms with van der Waals surface area (Å²) in [5, 5.41) is 0.0172. The van der Waals surface area contributed by atoms with Gasteiger partial charge in [0, 0.05) is 5.02 Å². The first kappa shape index (κ1) is 13.5. The first-order valence-electron chi connectivity index (χ1n) is 4.92.